The minimum absolute atomic E-state index is 0.475. The van der Waals surface area contributed by atoms with Crippen molar-refractivity contribution < 1.29 is 0 Å². The molecule has 0 saturated carbocycles. The highest BCUT2D eigenvalue weighted by atomic mass is 32.2. The average Bonchev–Trinajstić information content (AvgIpc) is 2.65. The molecule has 0 aromatic heterocycles. The molecule has 14 heavy (non-hydrogen) atoms. The zero-order chi connectivity index (χ0) is 10.2. The van der Waals surface area contributed by atoms with Crippen molar-refractivity contribution in [3.05, 3.63) is 0 Å². The maximum atomic E-state index is 8.88. The molecule has 0 N–H and O–H groups in total. The van der Waals surface area contributed by atoms with Crippen LogP contribution in [0.2, 0.25) is 0 Å². The summed E-state index contributed by atoms with van der Waals surface area (Å²) in [6.07, 6.45) is 7.61. The Labute approximate surface area is 89.8 Å². The zero-order valence-corrected chi connectivity index (χ0v) is 9.89. The average molecular weight is 212 g/mol. The van der Waals surface area contributed by atoms with Crippen molar-refractivity contribution in [2.45, 2.75) is 45.4 Å². The van der Waals surface area contributed by atoms with Crippen LogP contribution >= 0.6 is 10.9 Å². The summed E-state index contributed by atoms with van der Waals surface area (Å²) in [6.45, 7) is 3.14. The third-order valence-electron chi connectivity index (χ3n) is 2.55. The lowest BCUT2D eigenvalue weighted by Crippen LogP contribution is -1.94. The van der Waals surface area contributed by atoms with E-state index in [0.29, 0.717) is 0 Å². The molecule has 1 atom stereocenters. The van der Waals surface area contributed by atoms with E-state index in [1.54, 1.807) is 0 Å². The van der Waals surface area contributed by atoms with Gasteiger partial charge in [0.25, 0.3) is 0 Å². The molecule has 0 bridgehead atoms. The third kappa shape index (κ3) is 3.71. The van der Waals surface area contributed by atoms with E-state index in [9.17, 15) is 0 Å². The van der Waals surface area contributed by atoms with E-state index in [1.165, 1.54) is 37.1 Å². The number of thiol groups is 1. The number of unbranched alkanes of at least 4 members (excludes halogenated alkanes) is 4. The Kier molecular flexibility index (Phi) is 5.70. The first kappa shape index (κ1) is 11.6. The fourth-order valence-electron chi connectivity index (χ4n) is 1.70. The van der Waals surface area contributed by atoms with Gasteiger partial charge in [-0.15, -0.1) is 10.9 Å². The summed E-state index contributed by atoms with van der Waals surface area (Å²) in [6, 6.07) is 0. The van der Waals surface area contributed by atoms with E-state index in [1.807, 2.05) is 0 Å². The topological polar surface area (TPSA) is 36.1 Å². The molecule has 1 rings (SSSR count). The van der Waals surface area contributed by atoms with Gasteiger partial charge in [-0.1, -0.05) is 32.6 Å². The first-order valence-electron chi connectivity index (χ1n) is 5.59. The monoisotopic (exact) mass is 212 g/mol. The maximum Gasteiger partial charge on any atom is 0.116 e. The molecule has 80 valence electrons. The molecule has 1 unspecified atom stereocenters. The Balaban J connectivity index is 2.10. The van der Waals surface area contributed by atoms with Crippen LogP contribution < -0.4 is 0 Å². The Morgan fingerprint density at radius 3 is 2.86 bits per heavy atom. The molecule has 0 saturated heterocycles. The number of aliphatic imine (C=N–C) groups is 1. The van der Waals surface area contributed by atoms with E-state index in [0.717, 1.165) is 18.7 Å². The van der Waals surface area contributed by atoms with Crippen molar-refractivity contribution >= 4 is 15.9 Å². The standard InChI is InChI=1S/C11H20N2S/c1-2-3-4-5-6-7-11-13-8-9-14(11)10-12/h14H,2-9H2,1H3. The van der Waals surface area contributed by atoms with Gasteiger partial charge in [0.05, 0.1) is 5.04 Å². The van der Waals surface area contributed by atoms with Crippen LogP contribution in [0.4, 0.5) is 0 Å². The second-order valence-corrected chi connectivity index (χ2v) is 5.73. The van der Waals surface area contributed by atoms with Gasteiger partial charge in [-0.3, -0.25) is 4.99 Å². The van der Waals surface area contributed by atoms with Crippen LogP contribution in [-0.2, 0) is 0 Å². The minimum atomic E-state index is -0.475. The Morgan fingerprint density at radius 2 is 2.14 bits per heavy atom. The number of rotatable bonds is 6. The summed E-state index contributed by atoms with van der Waals surface area (Å²) in [5.74, 6) is 1.02. The molecule has 3 heteroatoms. The lowest BCUT2D eigenvalue weighted by Gasteiger charge is -2.07. The number of hydrogen-bond donors (Lipinski definition) is 1. The minimum Gasteiger partial charge on any atom is -0.283 e. The second-order valence-electron chi connectivity index (χ2n) is 3.71. The SMILES string of the molecule is CCCCCCCC1=NCC[SH]1C#N. The lowest BCUT2D eigenvalue weighted by molar-refractivity contribution is 0.644. The lowest BCUT2D eigenvalue weighted by atomic mass is 10.1. The van der Waals surface area contributed by atoms with Gasteiger partial charge >= 0.3 is 0 Å². The van der Waals surface area contributed by atoms with Crippen molar-refractivity contribution in [1.29, 1.82) is 5.26 Å². The van der Waals surface area contributed by atoms with E-state index in [2.05, 4.69) is 17.3 Å². The molecular formula is C11H20N2S. The Bertz CT molecular complexity index is 230. The van der Waals surface area contributed by atoms with Crippen LogP contribution in [0.15, 0.2) is 4.99 Å². The second kappa shape index (κ2) is 6.89. The van der Waals surface area contributed by atoms with Crippen LogP contribution in [-0.4, -0.2) is 17.3 Å². The van der Waals surface area contributed by atoms with Gasteiger partial charge in [0.15, 0.2) is 0 Å². The van der Waals surface area contributed by atoms with Gasteiger partial charge in [-0.2, -0.15) is 5.26 Å². The third-order valence-corrected chi connectivity index (χ3v) is 4.43. The summed E-state index contributed by atoms with van der Waals surface area (Å²) in [5, 5.41) is 12.5. The van der Waals surface area contributed by atoms with E-state index in [4.69, 9.17) is 5.26 Å². The fraction of sp³-hybridized carbons (Fsp3) is 0.818. The highest BCUT2D eigenvalue weighted by Gasteiger charge is 2.15. The molecule has 0 fully saturated rings. The number of hydrogen-bond acceptors (Lipinski definition) is 2. The summed E-state index contributed by atoms with van der Waals surface area (Å²) in [7, 11) is -0.475. The first-order valence-corrected chi connectivity index (χ1v) is 7.11. The van der Waals surface area contributed by atoms with Crippen LogP contribution in [0.1, 0.15) is 45.4 Å². The van der Waals surface area contributed by atoms with Crippen LogP contribution in [0.5, 0.6) is 0 Å². The summed E-state index contributed by atoms with van der Waals surface area (Å²) in [4.78, 5) is 4.43. The molecular weight excluding hydrogens is 192 g/mol. The van der Waals surface area contributed by atoms with Crippen molar-refractivity contribution in [2.24, 2.45) is 4.99 Å². The van der Waals surface area contributed by atoms with Gasteiger partial charge in [0.2, 0.25) is 0 Å². The van der Waals surface area contributed by atoms with E-state index < -0.39 is 10.9 Å². The van der Waals surface area contributed by atoms with Crippen molar-refractivity contribution in [1.82, 2.24) is 0 Å². The Hall–Kier alpha value is -0.490. The van der Waals surface area contributed by atoms with Crippen LogP contribution in [0.25, 0.3) is 0 Å². The van der Waals surface area contributed by atoms with Gasteiger partial charge in [-0.05, 0) is 12.8 Å². The smallest absolute Gasteiger partial charge is 0.116 e. The number of nitriles is 1. The fourth-order valence-corrected chi connectivity index (χ4v) is 3.17. The molecule has 0 aromatic carbocycles. The first-order chi connectivity index (χ1) is 6.88. The summed E-state index contributed by atoms with van der Waals surface area (Å²) in [5.41, 5.74) is 0. The quantitative estimate of drug-likeness (QED) is 0.409. The molecule has 0 spiro atoms. The normalized spacial score (nSPS) is 23.1. The van der Waals surface area contributed by atoms with Gasteiger partial charge in [0.1, 0.15) is 5.40 Å². The highest BCUT2D eigenvalue weighted by Crippen LogP contribution is 2.32. The Morgan fingerprint density at radius 1 is 1.36 bits per heavy atom. The molecule has 1 aliphatic rings. The molecule has 0 aliphatic carbocycles. The molecule has 0 radical (unpaired) electrons. The molecule has 1 aliphatic heterocycles. The van der Waals surface area contributed by atoms with Gasteiger partial charge < -0.3 is 0 Å². The molecule has 0 aromatic rings. The van der Waals surface area contributed by atoms with Gasteiger partial charge in [0, 0.05) is 12.3 Å². The van der Waals surface area contributed by atoms with Gasteiger partial charge in [-0.25, -0.2) is 0 Å². The predicted molar refractivity (Wildman–Crippen MR) is 65.1 cm³/mol. The highest BCUT2D eigenvalue weighted by molar-refractivity contribution is 8.33. The van der Waals surface area contributed by atoms with Crippen molar-refractivity contribution in [3.8, 4) is 5.40 Å². The number of thiocyanates is 1. The maximum absolute atomic E-state index is 8.88. The van der Waals surface area contributed by atoms with Crippen LogP contribution in [0.3, 0.4) is 0 Å². The van der Waals surface area contributed by atoms with E-state index >= 15 is 0 Å². The van der Waals surface area contributed by atoms with E-state index in [-0.39, 0.29) is 0 Å². The predicted octanol–water partition coefficient (Wildman–Crippen LogP) is 3.24. The zero-order valence-electron chi connectivity index (χ0n) is 9.00. The summed E-state index contributed by atoms with van der Waals surface area (Å²) >= 11 is 0. The molecule has 0 amide bonds. The van der Waals surface area contributed by atoms with Crippen molar-refractivity contribution in [3.63, 3.8) is 0 Å². The molecule has 2 nitrogen and oxygen atoms in total. The number of nitrogens with zero attached hydrogens (tertiary/aromatic N) is 2. The summed E-state index contributed by atoms with van der Waals surface area (Å²) < 4.78 is 0. The largest absolute Gasteiger partial charge is 0.283 e. The molecule has 1 heterocycles. The van der Waals surface area contributed by atoms with Crippen molar-refractivity contribution in [2.75, 3.05) is 12.3 Å². The van der Waals surface area contributed by atoms with Crippen LogP contribution in [0, 0.1) is 10.7 Å².